The number of hydrogen-bond acceptors (Lipinski definition) is 3. The van der Waals surface area contributed by atoms with Crippen LogP contribution in [0, 0.1) is 0 Å². The van der Waals surface area contributed by atoms with E-state index in [0.29, 0.717) is 0 Å². The van der Waals surface area contributed by atoms with Gasteiger partial charge < -0.3 is 10.4 Å². The van der Waals surface area contributed by atoms with E-state index in [2.05, 4.69) is 40.2 Å². The van der Waals surface area contributed by atoms with Gasteiger partial charge in [0.15, 0.2) is 0 Å². The minimum Gasteiger partial charge on any atom is -0.412 e. The second-order valence-corrected chi connectivity index (χ2v) is 5.81. The van der Waals surface area contributed by atoms with Crippen molar-refractivity contribution in [2.75, 3.05) is 18.0 Å². The Bertz CT molecular complexity index is 783. The van der Waals surface area contributed by atoms with Gasteiger partial charge in [-0.2, -0.15) is 0 Å². The Balaban J connectivity index is 0.00000156. The summed E-state index contributed by atoms with van der Waals surface area (Å²) in [5, 5.41) is 1.24. The maximum atomic E-state index is 4.81. The van der Waals surface area contributed by atoms with Crippen molar-refractivity contribution in [2.45, 2.75) is 19.3 Å². The van der Waals surface area contributed by atoms with Crippen LogP contribution in [0.3, 0.4) is 0 Å². The molecular weight excluding hydrogens is 286 g/mol. The molecule has 0 amide bonds. The number of pyridine rings is 2. The molecule has 1 saturated heterocycles. The lowest BCUT2D eigenvalue weighted by molar-refractivity contribution is 0.579. The van der Waals surface area contributed by atoms with Gasteiger partial charge in [0.25, 0.3) is 0 Å². The zero-order chi connectivity index (χ0) is 14.8. The molecule has 118 valence electrons. The zero-order valence-electron chi connectivity index (χ0n) is 13.1. The van der Waals surface area contributed by atoms with Crippen molar-refractivity contribution < 1.29 is 5.48 Å². The standard InChI is InChI=1S/C19H19N3.H2O/c1-6-12-22(13-7-1)19-14-18(17-10-4-5-11-20-17)21-16-9-3-2-8-15(16)19;/h2-5,8-11,14H,1,6-7,12-13H2;1H2. The quantitative estimate of drug-likeness (QED) is 0.728. The first-order valence-corrected chi connectivity index (χ1v) is 7.98. The van der Waals surface area contributed by atoms with Crippen molar-refractivity contribution >= 4 is 16.6 Å². The van der Waals surface area contributed by atoms with Crippen LogP contribution < -0.4 is 4.90 Å². The number of rotatable bonds is 2. The monoisotopic (exact) mass is 307 g/mol. The lowest BCUT2D eigenvalue weighted by Crippen LogP contribution is -2.29. The van der Waals surface area contributed by atoms with Crippen LogP contribution in [0.15, 0.2) is 54.7 Å². The molecule has 4 heteroatoms. The highest BCUT2D eigenvalue weighted by molar-refractivity contribution is 5.94. The topological polar surface area (TPSA) is 60.5 Å². The van der Waals surface area contributed by atoms with E-state index >= 15 is 0 Å². The predicted molar refractivity (Wildman–Crippen MR) is 94.7 cm³/mol. The number of piperidine rings is 1. The minimum absolute atomic E-state index is 0. The van der Waals surface area contributed by atoms with Crippen LogP contribution in [0.25, 0.3) is 22.3 Å². The Morgan fingerprint density at radius 1 is 0.826 bits per heavy atom. The van der Waals surface area contributed by atoms with E-state index in [0.717, 1.165) is 30.0 Å². The molecule has 0 aliphatic carbocycles. The summed E-state index contributed by atoms with van der Waals surface area (Å²) in [5.74, 6) is 0. The van der Waals surface area contributed by atoms with Gasteiger partial charge in [0.2, 0.25) is 0 Å². The highest BCUT2D eigenvalue weighted by Gasteiger charge is 2.16. The molecular formula is C19H21N3O. The van der Waals surface area contributed by atoms with Crippen LogP contribution in [0.2, 0.25) is 0 Å². The third-order valence-corrected chi connectivity index (χ3v) is 4.32. The number of hydrogen-bond donors (Lipinski definition) is 0. The second-order valence-electron chi connectivity index (χ2n) is 5.81. The van der Waals surface area contributed by atoms with E-state index in [4.69, 9.17) is 4.98 Å². The Morgan fingerprint density at radius 3 is 2.39 bits per heavy atom. The molecule has 23 heavy (non-hydrogen) atoms. The number of benzene rings is 1. The number of aromatic nitrogens is 2. The van der Waals surface area contributed by atoms with Crippen molar-refractivity contribution in [3.8, 4) is 11.4 Å². The van der Waals surface area contributed by atoms with E-state index in [-0.39, 0.29) is 5.48 Å². The molecule has 0 unspecified atom stereocenters. The van der Waals surface area contributed by atoms with Gasteiger partial charge >= 0.3 is 0 Å². The van der Waals surface area contributed by atoms with Crippen LogP contribution in [-0.2, 0) is 0 Å². The SMILES string of the molecule is O.c1ccc(-c2cc(N3CCCCC3)c3ccccc3n2)nc1. The molecule has 4 nitrogen and oxygen atoms in total. The highest BCUT2D eigenvalue weighted by atomic mass is 16.0. The summed E-state index contributed by atoms with van der Waals surface area (Å²) in [5.41, 5.74) is 4.24. The van der Waals surface area contributed by atoms with Gasteiger partial charge in [-0.3, -0.25) is 4.98 Å². The maximum absolute atomic E-state index is 4.81. The van der Waals surface area contributed by atoms with Crippen LogP contribution in [0.4, 0.5) is 5.69 Å². The molecule has 0 radical (unpaired) electrons. The van der Waals surface area contributed by atoms with E-state index in [1.54, 1.807) is 0 Å². The Labute approximate surface area is 136 Å². The first-order valence-electron chi connectivity index (χ1n) is 7.98. The number of para-hydroxylation sites is 1. The lowest BCUT2D eigenvalue weighted by Gasteiger charge is -2.30. The smallest absolute Gasteiger partial charge is 0.0914 e. The van der Waals surface area contributed by atoms with Gasteiger partial charge in [0, 0.05) is 30.4 Å². The number of anilines is 1. The minimum atomic E-state index is 0. The summed E-state index contributed by atoms with van der Waals surface area (Å²) in [6, 6.07) is 16.6. The zero-order valence-corrected chi connectivity index (χ0v) is 13.1. The van der Waals surface area contributed by atoms with Gasteiger partial charge in [-0.25, -0.2) is 4.98 Å². The highest BCUT2D eigenvalue weighted by Crippen LogP contribution is 2.31. The van der Waals surface area contributed by atoms with Crippen LogP contribution in [0.1, 0.15) is 19.3 Å². The fourth-order valence-electron chi connectivity index (χ4n) is 3.20. The largest absolute Gasteiger partial charge is 0.412 e. The molecule has 0 saturated carbocycles. The lowest BCUT2D eigenvalue weighted by atomic mass is 10.1. The van der Waals surface area contributed by atoms with Crippen LogP contribution >= 0.6 is 0 Å². The van der Waals surface area contributed by atoms with Gasteiger partial charge in [0.1, 0.15) is 0 Å². The molecule has 1 aliphatic heterocycles. The van der Waals surface area contributed by atoms with Crippen LogP contribution in [0.5, 0.6) is 0 Å². The molecule has 4 rings (SSSR count). The maximum Gasteiger partial charge on any atom is 0.0914 e. The van der Waals surface area contributed by atoms with Gasteiger partial charge in [-0.05, 0) is 43.5 Å². The molecule has 0 atom stereocenters. The predicted octanol–water partition coefficient (Wildman–Crippen LogP) is 3.46. The average Bonchev–Trinajstić information content (AvgIpc) is 2.62. The fraction of sp³-hybridized carbons (Fsp3) is 0.263. The molecule has 3 heterocycles. The van der Waals surface area contributed by atoms with E-state index < -0.39 is 0 Å². The molecule has 0 spiro atoms. The number of nitrogens with zero attached hydrogens (tertiary/aromatic N) is 3. The van der Waals surface area contributed by atoms with Crippen molar-refractivity contribution in [3.05, 3.63) is 54.7 Å². The normalized spacial score (nSPS) is 14.5. The molecule has 1 aromatic carbocycles. The summed E-state index contributed by atoms with van der Waals surface area (Å²) in [4.78, 5) is 11.8. The summed E-state index contributed by atoms with van der Waals surface area (Å²) >= 11 is 0. The summed E-state index contributed by atoms with van der Waals surface area (Å²) in [7, 11) is 0. The van der Waals surface area contributed by atoms with Crippen molar-refractivity contribution in [2.24, 2.45) is 0 Å². The summed E-state index contributed by atoms with van der Waals surface area (Å²) < 4.78 is 0. The third kappa shape index (κ3) is 3.03. The first kappa shape index (κ1) is 15.4. The molecule has 0 bridgehead atoms. The van der Waals surface area contributed by atoms with Crippen molar-refractivity contribution in [1.29, 1.82) is 0 Å². The Morgan fingerprint density at radius 2 is 1.61 bits per heavy atom. The molecule has 3 aromatic rings. The summed E-state index contributed by atoms with van der Waals surface area (Å²) in [6.07, 6.45) is 5.71. The van der Waals surface area contributed by atoms with E-state index in [1.165, 1.54) is 30.3 Å². The van der Waals surface area contributed by atoms with Gasteiger partial charge in [-0.1, -0.05) is 24.3 Å². The van der Waals surface area contributed by atoms with E-state index in [1.807, 2.05) is 24.4 Å². The third-order valence-electron chi connectivity index (χ3n) is 4.32. The first-order chi connectivity index (χ1) is 10.9. The van der Waals surface area contributed by atoms with Crippen molar-refractivity contribution in [1.82, 2.24) is 9.97 Å². The molecule has 1 aliphatic rings. The van der Waals surface area contributed by atoms with Gasteiger partial charge in [0.05, 0.1) is 16.9 Å². The molecule has 1 fully saturated rings. The molecule has 2 aromatic heterocycles. The van der Waals surface area contributed by atoms with Gasteiger partial charge in [-0.15, -0.1) is 0 Å². The second kappa shape index (κ2) is 6.75. The fourth-order valence-corrected chi connectivity index (χ4v) is 3.20. The summed E-state index contributed by atoms with van der Waals surface area (Å²) in [6.45, 7) is 2.27. The number of fused-ring (bicyclic) bond motifs is 1. The Kier molecular flexibility index (Phi) is 4.53. The van der Waals surface area contributed by atoms with E-state index in [9.17, 15) is 0 Å². The van der Waals surface area contributed by atoms with Crippen molar-refractivity contribution in [3.63, 3.8) is 0 Å². The van der Waals surface area contributed by atoms with Crippen LogP contribution in [-0.4, -0.2) is 28.5 Å². The Hall–Kier alpha value is -2.46. The molecule has 2 N–H and O–H groups in total. The average molecular weight is 307 g/mol.